The Labute approximate surface area is 359 Å². The molecule has 0 atom stereocenters. The molecule has 0 aliphatic carbocycles. The molecule has 0 amide bonds. The second-order valence-electron chi connectivity index (χ2n) is 15.4. The molecule has 0 radical (unpaired) electrons. The highest BCUT2D eigenvalue weighted by Gasteiger charge is 2.24. The van der Waals surface area contributed by atoms with Crippen LogP contribution in [0.4, 0.5) is 0 Å². The van der Waals surface area contributed by atoms with Gasteiger partial charge >= 0.3 is 23.9 Å². The van der Waals surface area contributed by atoms with Gasteiger partial charge in [0.2, 0.25) is 0 Å². The van der Waals surface area contributed by atoms with Gasteiger partial charge in [-0.3, -0.25) is 9.59 Å². The molecule has 0 fully saturated rings. The van der Waals surface area contributed by atoms with E-state index in [9.17, 15) is 19.2 Å². The number of carbonyl (C=O) groups is 4. The Morgan fingerprint density at radius 3 is 1.00 bits per heavy atom. The minimum atomic E-state index is -0.742. The van der Waals surface area contributed by atoms with Gasteiger partial charge < -0.3 is 28.4 Å². The molecule has 0 aliphatic rings. The van der Waals surface area contributed by atoms with Crippen LogP contribution in [0.25, 0.3) is 0 Å². The van der Waals surface area contributed by atoms with Gasteiger partial charge in [-0.25, -0.2) is 9.59 Å². The molecule has 0 spiro atoms. The third-order valence-corrected chi connectivity index (χ3v) is 10.0. The Morgan fingerprint density at radius 1 is 0.367 bits per heavy atom. The molecule has 3 rings (SSSR count). The fourth-order valence-electron chi connectivity index (χ4n) is 6.38. The van der Waals surface area contributed by atoms with E-state index in [1.807, 2.05) is 13.8 Å². The molecular formula is C50H70O10. The van der Waals surface area contributed by atoms with Gasteiger partial charge in [-0.2, -0.15) is 0 Å². The van der Waals surface area contributed by atoms with Crippen LogP contribution in [0, 0.1) is 0 Å². The van der Waals surface area contributed by atoms with E-state index >= 15 is 0 Å². The van der Waals surface area contributed by atoms with Crippen molar-refractivity contribution in [3.63, 3.8) is 0 Å². The molecule has 0 aromatic heterocycles. The third kappa shape index (κ3) is 19.9. The number of carbonyl (C=O) groups excluding carboxylic acids is 4. The van der Waals surface area contributed by atoms with Gasteiger partial charge in [0.1, 0.15) is 11.5 Å². The van der Waals surface area contributed by atoms with E-state index in [1.54, 1.807) is 48.5 Å². The number of ether oxygens (including phenoxy) is 6. The normalized spacial score (nSPS) is 10.9. The summed E-state index contributed by atoms with van der Waals surface area (Å²) in [6.07, 6.45) is 22.2. The summed E-state index contributed by atoms with van der Waals surface area (Å²) in [5.41, 5.74) is 0.444. The number of unbranched alkanes of at least 4 members (excludes halogenated alkanes) is 16. The van der Waals surface area contributed by atoms with Gasteiger partial charge in [0.15, 0.2) is 23.0 Å². The zero-order chi connectivity index (χ0) is 43.2. The third-order valence-electron chi connectivity index (χ3n) is 10.0. The number of benzene rings is 3. The smallest absolute Gasteiger partial charge is 0.343 e. The first kappa shape index (κ1) is 49.5. The molecule has 3 aromatic carbocycles. The average Bonchev–Trinajstić information content (AvgIpc) is 3.25. The maximum Gasteiger partial charge on any atom is 0.343 e. The molecule has 10 nitrogen and oxygen atoms in total. The summed E-state index contributed by atoms with van der Waals surface area (Å²) in [4.78, 5) is 52.7. The van der Waals surface area contributed by atoms with E-state index in [0.717, 1.165) is 38.5 Å². The summed E-state index contributed by atoms with van der Waals surface area (Å²) in [6.45, 7) is 9.50. The fraction of sp³-hybridized carbons (Fsp3) is 0.560. The summed E-state index contributed by atoms with van der Waals surface area (Å²) in [5, 5.41) is 0. The van der Waals surface area contributed by atoms with Crippen LogP contribution in [0.15, 0.2) is 60.7 Å². The molecule has 0 heterocycles. The number of rotatable bonds is 32. The van der Waals surface area contributed by atoms with E-state index in [-0.39, 0.29) is 47.0 Å². The average molecular weight is 831 g/mol. The molecule has 0 saturated heterocycles. The molecule has 10 heteroatoms. The second-order valence-corrected chi connectivity index (χ2v) is 15.4. The lowest BCUT2D eigenvalue weighted by Gasteiger charge is -2.16. The molecule has 0 saturated carbocycles. The van der Waals surface area contributed by atoms with Gasteiger partial charge in [-0.15, -0.1) is 0 Å². The van der Waals surface area contributed by atoms with Crippen molar-refractivity contribution in [3.05, 3.63) is 71.8 Å². The first-order valence-corrected chi connectivity index (χ1v) is 22.8. The summed E-state index contributed by atoms with van der Waals surface area (Å²) >= 11 is 0. The molecule has 0 N–H and O–H groups in total. The van der Waals surface area contributed by atoms with Crippen LogP contribution in [0.1, 0.15) is 190 Å². The van der Waals surface area contributed by atoms with Crippen molar-refractivity contribution in [2.45, 2.75) is 169 Å². The predicted octanol–water partition coefficient (Wildman–Crippen LogP) is 13.4. The molecule has 0 aliphatic heterocycles. The first-order chi connectivity index (χ1) is 29.3. The molecule has 3 aromatic rings. The molecule has 60 heavy (non-hydrogen) atoms. The van der Waals surface area contributed by atoms with Crippen molar-refractivity contribution < 1.29 is 47.6 Å². The zero-order valence-corrected chi connectivity index (χ0v) is 36.8. The standard InChI is InChI=1S/C50H70O10/c1-5-9-13-15-17-19-21-23-35-55-41-31-27-39(28-32-41)49(53)59-45-37-44(58-48(52)26-12-8-4)46(38-43(45)57-47(51)25-11-7-3)60-50(54)40-29-33-42(34-30-40)56-36-24-22-20-18-16-14-10-6-2/h27-34,37-38H,5-26,35-36H2,1-4H3. The highest BCUT2D eigenvalue weighted by molar-refractivity contribution is 5.93. The summed E-state index contributed by atoms with van der Waals surface area (Å²) < 4.78 is 34.7. The van der Waals surface area contributed by atoms with Gasteiger partial charge in [-0.05, 0) is 74.2 Å². The van der Waals surface area contributed by atoms with E-state index in [2.05, 4.69) is 13.8 Å². The highest BCUT2D eigenvalue weighted by Crippen LogP contribution is 2.41. The largest absolute Gasteiger partial charge is 0.494 e. The Morgan fingerprint density at radius 2 is 0.667 bits per heavy atom. The minimum absolute atomic E-state index is 0.112. The lowest BCUT2D eigenvalue weighted by atomic mass is 10.1. The zero-order valence-electron chi connectivity index (χ0n) is 36.8. The van der Waals surface area contributed by atoms with Crippen LogP contribution < -0.4 is 28.4 Å². The quantitative estimate of drug-likeness (QED) is 0.0341. The molecule has 330 valence electrons. The SMILES string of the molecule is CCCCCCCCCCOc1ccc(C(=O)Oc2cc(OC(=O)CCCC)c(OC(=O)c3ccc(OCCCCCCCCCC)cc3)cc2OC(=O)CCCC)cc1. The van der Waals surface area contributed by atoms with Crippen LogP contribution >= 0.6 is 0 Å². The molecular weight excluding hydrogens is 761 g/mol. The number of hydrogen-bond acceptors (Lipinski definition) is 10. The van der Waals surface area contributed by atoms with Gasteiger partial charge in [0.05, 0.1) is 24.3 Å². The predicted molar refractivity (Wildman–Crippen MR) is 236 cm³/mol. The van der Waals surface area contributed by atoms with Crippen molar-refractivity contribution >= 4 is 23.9 Å². The number of esters is 4. The minimum Gasteiger partial charge on any atom is -0.494 e. The van der Waals surface area contributed by atoms with Crippen molar-refractivity contribution in [1.82, 2.24) is 0 Å². The summed E-state index contributed by atoms with van der Waals surface area (Å²) in [5.74, 6) is -2.07. The van der Waals surface area contributed by atoms with E-state index in [0.29, 0.717) is 37.6 Å². The van der Waals surface area contributed by atoms with Crippen LogP contribution in [0.5, 0.6) is 34.5 Å². The molecule has 0 bridgehead atoms. The van der Waals surface area contributed by atoms with Crippen molar-refractivity contribution in [2.75, 3.05) is 13.2 Å². The Kier molecular flexibility index (Phi) is 24.9. The van der Waals surface area contributed by atoms with Crippen LogP contribution in [-0.2, 0) is 9.59 Å². The van der Waals surface area contributed by atoms with E-state index in [1.165, 1.54) is 89.2 Å². The van der Waals surface area contributed by atoms with Gasteiger partial charge in [0, 0.05) is 25.0 Å². The number of hydrogen-bond donors (Lipinski definition) is 0. The van der Waals surface area contributed by atoms with Gasteiger partial charge in [0.25, 0.3) is 0 Å². The van der Waals surface area contributed by atoms with Crippen LogP contribution in [-0.4, -0.2) is 37.1 Å². The molecule has 0 unspecified atom stereocenters. The Hall–Kier alpha value is -4.86. The Bertz CT molecular complexity index is 1560. The maximum absolute atomic E-state index is 13.5. The lowest BCUT2D eigenvalue weighted by molar-refractivity contribution is -0.135. The summed E-state index contributed by atoms with van der Waals surface area (Å²) in [7, 11) is 0. The van der Waals surface area contributed by atoms with Crippen molar-refractivity contribution in [2.24, 2.45) is 0 Å². The Balaban J connectivity index is 1.73. The van der Waals surface area contributed by atoms with Crippen LogP contribution in [0.3, 0.4) is 0 Å². The summed E-state index contributed by atoms with van der Waals surface area (Å²) in [6, 6.07) is 15.6. The fourth-order valence-corrected chi connectivity index (χ4v) is 6.38. The van der Waals surface area contributed by atoms with Crippen molar-refractivity contribution in [3.8, 4) is 34.5 Å². The maximum atomic E-state index is 13.5. The second kappa shape index (κ2) is 30.2. The topological polar surface area (TPSA) is 124 Å². The van der Waals surface area contributed by atoms with E-state index < -0.39 is 23.9 Å². The lowest BCUT2D eigenvalue weighted by Crippen LogP contribution is -2.15. The monoisotopic (exact) mass is 830 g/mol. The van der Waals surface area contributed by atoms with Crippen LogP contribution in [0.2, 0.25) is 0 Å². The first-order valence-electron chi connectivity index (χ1n) is 22.8. The highest BCUT2D eigenvalue weighted by atomic mass is 16.6. The van der Waals surface area contributed by atoms with E-state index in [4.69, 9.17) is 28.4 Å². The van der Waals surface area contributed by atoms with Gasteiger partial charge in [-0.1, -0.05) is 130 Å². The van der Waals surface area contributed by atoms with Crippen molar-refractivity contribution in [1.29, 1.82) is 0 Å².